The minimum Gasteiger partial charge on any atom is -0.497 e. The van der Waals surface area contributed by atoms with Crippen LogP contribution in [-0.4, -0.2) is 48.1 Å². The van der Waals surface area contributed by atoms with Crippen LogP contribution in [0.15, 0.2) is 24.3 Å². The van der Waals surface area contributed by atoms with Crippen LogP contribution in [0.5, 0.6) is 5.75 Å². The minimum absolute atomic E-state index is 0. The first kappa shape index (κ1) is 21.7. The standard InChI is InChI=1S/C20H25N3O2.2ClH/c1-12-8-18(17-11-16(25-3)6-7-19(17)21-12)20(24)23(2)15-9-13-4-5-14(10-15)22-13;;/h6-8,11,13-15,22H,4-5,9-10H2,1-3H3;2*1H. The number of halogens is 2. The number of pyridine rings is 1. The molecule has 0 radical (unpaired) electrons. The molecule has 0 saturated carbocycles. The predicted molar refractivity (Wildman–Crippen MR) is 113 cm³/mol. The van der Waals surface area contributed by atoms with E-state index in [4.69, 9.17) is 4.74 Å². The SMILES string of the molecule is COc1ccc2nc(C)cc(C(=O)N(C)C3CC4CCC(C3)N4)c2c1.Cl.Cl. The average Bonchev–Trinajstić information content (AvgIpc) is 2.97. The van der Waals surface area contributed by atoms with Crippen molar-refractivity contribution in [1.82, 2.24) is 15.2 Å². The molecular formula is C20H27Cl2N3O2. The zero-order valence-electron chi connectivity index (χ0n) is 15.9. The third-order valence-electron chi connectivity index (χ3n) is 5.69. The summed E-state index contributed by atoms with van der Waals surface area (Å²) in [4.78, 5) is 19.8. The largest absolute Gasteiger partial charge is 0.497 e. The molecule has 27 heavy (non-hydrogen) atoms. The maximum absolute atomic E-state index is 13.3. The highest BCUT2D eigenvalue weighted by atomic mass is 35.5. The van der Waals surface area contributed by atoms with Gasteiger partial charge in [-0.25, -0.2) is 0 Å². The molecule has 0 aliphatic carbocycles. The van der Waals surface area contributed by atoms with Gasteiger partial charge in [0.05, 0.1) is 18.2 Å². The molecule has 1 amide bonds. The summed E-state index contributed by atoms with van der Waals surface area (Å²) < 4.78 is 5.34. The molecule has 1 aromatic heterocycles. The third-order valence-corrected chi connectivity index (χ3v) is 5.69. The van der Waals surface area contributed by atoms with E-state index in [1.165, 1.54) is 12.8 Å². The number of rotatable bonds is 3. The number of carbonyl (C=O) groups excluding carboxylic acids is 1. The fourth-order valence-electron chi connectivity index (χ4n) is 4.34. The highest BCUT2D eigenvalue weighted by Gasteiger charge is 2.36. The number of methoxy groups -OCH3 is 1. The van der Waals surface area contributed by atoms with Crippen LogP contribution in [0.3, 0.4) is 0 Å². The molecule has 3 heterocycles. The first-order valence-electron chi connectivity index (χ1n) is 9.03. The lowest BCUT2D eigenvalue weighted by Crippen LogP contribution is -2.48. The van der Waals surface area contributed by atoms with Crippen molar-refractivity contribution >= 4 is 41.6 Å². The Labute approximate surface area is 172 Å². The van der Waals surface area contributed by atoms with E-state index in [2.05, 4.69) is 10.3 Å². The summed E-state index contributed by atoms with van der Waals surface area (Å²) >= 11 is 0. The van der Waals surface area contributed by atoms with E-state index < -0.39 is 0 Å². The van der Waals surface area contributed by atoms with Gasteiger partial charge in [-0.1, -0.05) is 0 Å². The van der Waals surface area contributed by atoms with Crippen molar-refractivity contribution in [2.75, 3.05) is 14.2 Å². The van der Waals surface area contributed by atoms with Crippen LogP contribution in [0.4, 0.5) is 0 Å². The lowest BCUT2D eigenvalue weighted by molar-refractivity contribution is 0.0683. The first-order chi connectivity index (χ1) is 12.0. The summed E-state index contributed by atoms with van der Waals surface area (Å²) in [6.07, 6.45) is 4.56. The second kappa shape index (κ2) is 8.63. The van der Waals surface area contributed by atoms with Gasteiger partial charge in [0.15, 0.2) is 0 Å². The second-order valence-corrected chi connectivity index (χ2v) is 7.37. The molecule has 2 saturated heterocycles. The summed E-state index contributed by atoms with van der Waals surface area (Å²) in [6, 6.07) is 9.05. The number of hydrogen-bond acceptors (Lipinski definition) is 4. The number of fused-ring (bicyclic) bond motifs is 3. The number of carbonyl (C=O) groups is 1. The van der Waals surface area contributed by atoms with Gasteiger partial charge in [0.1, 0.15) is 5.75 Å². The first-order valence-corrected chi connectivity index (χ1v) is 9.03. The number of aromatic nitrogens is 1. The molecule has 4 rings (SSSR count). The van der Waals surface area contributed by atoms with Gasteiger partial charge in [-0.15, -0.1) is 24.8 Å². The smallest absolute Gasteiger partial charge is 0.254 e. The number of benzene rings is 1. The van der Waals surface area contributed by atoms with Crippen molar-refractivity contribution in [3.63, 3.8) is 0 Å². The number of aryl methyl sites for hydroxylation is 1. The molecule has 2 aromatic rings. The van der Waals surface area contributed by atoms with E-state index in [-0.39, 0.29) is 30.7 Å². The average molecular weight is 412 g/mol. The lowest BCUT2D eigenvalue weighted by Gasteiger charge is -2.35. The van der Waals surface area contributed by atoms with Gasteiger partial charge >= 0.3 is 0 Å². The van der Waals surface area contributed by atoms with Crippen LogP contribution in [0, 0.1) is 6.92 Å². The molecule has 2 atom stereocenters. The monoisotopic (exact) mass is 411 g/mol. The Morgan fingerprint density at radius 3 is 2.48 bits per heavy atom. The van der Waals surface area contributed by atoms with E-state index in [1.807, 2.05) is 43.1 Å². The van der Waals surface area contributed by atoms with Gasteiger partial charge in [0, 0.05) is 36.3 Å². The van der Waals surface area contributed by atoms with Gasteiger partial charge < -0.3 is 15.0 Å². The number of nitrogens with one attached hydrogen (secondary N) is 1. The topological polar surface area (TPSA) is 54.5 Å². The van der Waals surface area contributed by atoms with Gasteiger partial charge in [-0.05, 0) is 56.9 Å². The summed E-state index contributed by atoms with van der Waals surface area (Å²) in [5, 5.41) is 4.50. The van der Waals surface area contributed by atoms with E-state index in [0.717, 1.165) is 40.8 Å². The Bertz CT molecular complexity index is 818. The van der Waals surface area contributed by atoms with Crippen LogP contribution in [0.1, 0.15) is 41.7 Å². The normalized spacial score (nSPS) is 23.3. The molecule has 0 spiro atoms. The predicted octanol–water partition coefficient (Wildman–Crippen LogP) is 3.75. The highest BCUT2D eigenvalue weighted by Crippen LogP contribution is 2.31. The summed E-state index contributed by atoms with van der Waals surface area (Å²) in [5.74, 6) is 0.824. The number of nitrogens with zero attached hydrogens (tertiary/aromatic N) is 2. The molecule has 1 aromatic carbocycles. The highest BCUT2D eigenvalue weighted by molar-refractivity contribution is 6.06. The molecule has 5 nitrogen and oxygen atoms in total. The summed E-state index contributed by atoms with van der Waals surface area (Å²) in [6.45, 7) is 1.94. The Morgan fingerprint density at radius 1 is 1.19 bits per heavy atom. The van der Waals surface area contributed by atoms with Gasteiger partial charge in [0.25, 0.3) is 5.91 Å². The van der Waals surface area contributed by atoms with Crippen molar-refractivity contribution < 1.29 is 9.53 Å². The van der Waals surface area contributed by atoms with Crippen molar-refractivity contribution in [2.24, 2.45) is 0 Å². The third kappa shape index (κ3) is 4.15. The minimum atomic E-state index is 0. The Kier molecular flexibility index (Phi) is 6.95. The van der Waals surface area contributed by atoms with E-state index in [0.29, 0.717) is 18.1 Å². The second-order valence-electron chi connectivity index (χ2n) is 7.37. The zero-order valence-corrected chi connectivity index (χ0v) is 17.5. The molecule has 7 heteroatoms. The van der Waals surface area contributed by atoms with Gasteiger partial charge in [-0.2, -0.15) is 0 Å². The molecule has 2 fully saturated rings. The van der Waals surface area contributed by atoms with Crippen molar-refractivity contribution in [3.05, 3.63) is 35.5 Å². The molecule has 1 N–H and O–H groups in total. The fourth-order valence-corrected chi connectivity index (χ4v) is 4.34. The number of hydrogen-bond donors (Lipinski definition) is 1. The van der Waals surface area contributed by atoms with Crippen molar-refractivity contribution in [3.8, 4) is 5.75 Å². The Balaban J connectivity index is 0.00000131. The van der Waals surface area contributed by atoms with Crippen LogP contribution < -0.4 is 10.1 Å². The molecule has 2 aliphatic rings. The molecule has 2 bridgehead atoms. The van der Waals surface area contributed by atoms with Crippen LogP contribution in [-0.2, 0) is 0 Å². The number of amides is 1. The summed E-state index contributed by atoms with van der Waals surface area (Å²) in [7, 11) is 3.58. The van der Waals surface area contributed by atoms with Crippen molar-refractivity contribution in [2.45, 2.75) is 50.7 Å². The maximum Gasteiger partial charge on any atom is 0.254 e. The number of piperidine rings is 1. The zero-order chi connectivity index (χ0) is 17.6. The molecule has 148 valence electrons. The molecule has 2 aliphatic heterocycles. The van der Waals surface area contributed by atoms with Crippen LogP contribution >= 0.6 is 24.8 Å². The van der Waals surface area contributed by atoms with E-state index in [1.54, 1.807) is 7.11 Å². The summed E-state index contributed by atoms with van der Waals surface area (Å²) in [5.41, 5.74) is 2.41. The quantitative estimate of drug-likeness (QED) is 0.835. The fraction of sp³-hybridized carbons (Fsp3) is 0.500. The van der Waals surface area contributed by atoms with Gasteiger partial charge in [-0.3, -0.25) is 9.78 Å². The van der Waals surface area contributed by atoms with Crippen LogP contribution in [0.2, 0.25) is 0 Å². The van der Waals surface area contributed by atoms with Gasteiger partial charge in [0.2, 0.25) is 0 Å². The number of ether oxygens (including phenoxy) is 1. The Morgan fingerprint density at radius 2 is 1.85 bits per heavy atom. The lowest BCUT2D eigenvalue weighted by atomic mass is 9.97. The van der Waals surface area contributed by atoms with E-state index in [9.17, 15) is 4.79 Å². The van der Waals surface area contributed by atoms with Crippen molar-refractivity contribution in [1.29, 1.82) is 0 Å². The Hall–Kier alpha value is -1.56. The van der Waals surface area contributed by atoms with Crippen LogP contribution in [0.25, 0.3) is 10.9 Å². The molecular weight excluding hydrogens is 385 g/mol. The van der Waals surface area contributed by atoms with E-state index >= 15 is 0 Å². The maximum atomic E-state index is 13.3. The molecule has 2 unspecified atom stereocenters.